The Morgan fingerprint density at radius 1 is 1.23 bits per heavy atom. The molecule has 1 saturated heterocycles. The van der Waals surface area contributed by atoms with Gasteiger partial charge in [0.2, 0.25) is 5.91 Å². The summed E-state index contributed by atoms with van der Waals surface area (Å²) in [4.78, 5) is 27.3. The van der Waals surface area contributed by atoms with Crippen molar-refractivity contribution in [1.29, 1.82) is 0 Å². The molecule has 2 aliphatic rings. The molecule has 0 bridgehead atoms. The third-order valence-corrected chi connectivity index (χ3v) is 6.75. The second-order valence-corrected chi connectivity index (χ2v) is 9.15. The van der Waals surface area contributed by atoms with Crippen molar-refractivity contribution >= 4 is 17.5 Å². The van der Waals surface area contributed by atoms with Crippen molar-refractivity contribution in [1.82, 2.24) is 24.8 Å². The monoisotopic (exact) mass is 417 g/mol. The first-order chi connectivity index (χ1) is 15.0. The van der Waals surface area contributed by atoms with Gasteiger partial charge in [0.25, 0.3) is 5.91 Å². The van der Waals surface area contributed by atoms with Crippen molar-refractivity contribution in [3.8, 4) is 0 Å². The summed E-state index contributed by atoms with van der Waals surface area (Å²) in [6, 6.07) is 12.1. The maximum Gasteiger partial charge on any atom is 0.252 e. The van der Waals surface area contributed by atoms with E-state index >= 15 is 0 Å². The third-order valence-electron chi connectivity index (χ3n) is 6.75. The highest BCUT2D eigenvalue weighted by Crippen LogP contribution is 2.48. The van der Waals surface area contributed by atoms with Crippen LogP contribution in [-0.4, -0.2) is 50.4 Å². The lowest BCUT2D eigenvalue weighted by atomic mass is 9.65. The number of fused-ring (bicyclic) bond motifs is 1. The number of aromatic nitrogens is 3. The van der Waals surface area contributed by atoms with E-state index in [1.165, 1.54) is 11.1 Å². The molecule has 1 spiro atoms. The Morgan fingerprint density at radius 2 is 2.10 bits per heavy atom. The second-order valence-electron chi connectivity index (χ2n) is 9.15. The summed E-state index contributed by atoms with van der Waals surface area (Å²) in [7, 11) is 0. The summed E-state index contributed by atoms with van der Waals surface area (Å²) >= 11 is 0. The third kappa shape index (κ3) is 4.04. The molecular weight excluding hydrogens is 390 g/mol. The molecule has 1 aliphatic heterocycles. The minimum atomic E-state index is -0.0699. The number of carbonyl (C=O) groups is 2. The van der Waals surface area contributed by atoms with Gasteiger partial charge >= 0.3 is 0 Å². The molecule has 3 heterocycles. The van der Waals surface area contributed by atoms with Gasteiger partial charge in [-0.15, -0.1) is 10.2 Å². The molecule has 1 N–H and O–H groups in total. The molecule has 31 heavy (non-hydrogen) atoms. The van der Waals surface area contributed by atoms with Crippen molar-refractivity contribution in [3.05, 3.63) is 65.6 Å². The lowest BCUT2D eigenvalue weighted by molar-refractivity contribution is -0.130. The quantitative estimate of drug-likeness (QED) is 0.692. The van der Waals surface area contributed by atoms with Crippen molar-refractivity contribution in [2.45, 2.75) is 45.1 Å². The number of aryl methyl sites for hydroxylation is 2. The van der Waals surface area contributed by atoms with Gasteiger partial charge in [0, 0.05) is 31.7 Å². The van der Waals surface area contributed by atoms with Gasteiger partial charge in [0.15, 0.2) is 5.65 Å². The van der Waals surface area contributed by atoms with Crippen LogP contribution in [0, 0.1) is 12.3 Å². The van der Waals surface area contributed by atoms with E-state index in [9.17, 15) is 9.59 Å². The Labute approximate surface area is 181 Å². The number of carbonyl (C=O) groups excluding carboxylic acids is 2. The molecule has 1 aromatic carbocycles. The Morgan fingerprint density at radius 3 is 2.94 bits per heavy atom. The van der Waals surface area contributed by atoms with Crippen molar-refractivity contribution in [2.24, 2.45) is 5.41 Å². The predicted octanol–water partition coefficient (Wildman–Crippen LogP) is 2.78. The van der Waals surface area contributed by atoms with Crippen LogP contribution >= 0.6 is 0 Å². The van der Waals surface area contributed by atoms with E-state index in [-0.39, 0.29) is 23.3 Å². The number of amides is 2. The summed E-state index contributed by atoms with van der Waals surface area (Å²) in [6.45, 7) is 3.73. The first-order valence-corrected chi connectivity index (χ1v) is 10.9. The molecular formula is C24H27N5O2. The molecule has 1 saturated carbocycles. The first kappa shape index (κ1) is 19.7. The first-order valence-electron chi connectivity index (χ1n) is 10.9. The number of pyridine rings is 1. The second kappa shape index (κ2) is 7.80. The molecule has 7 nitrogen and oxygen atoms in total. The summed E-state index contributed by atoms with van der Waals surface area (Å²) in [6.07, 6.45) is 7.61. The molecule has 0 radical (unpaired) electrons. The Hall–Kier alpha value is -3.22. The van der Waals surface area contributed by atoms with E-state index in [4.69, 9.17) is 0 Å². The number of likely N-dealkylation sites (tertiary alicyclic amines) is 1. The van der Waals surface area contributed by atoms with Crippen LogP contribution in [0.2, 0.25) is 0 Å². The van der Waals surface area contributed by atoms with Gasteiger partial charge in [0.1, 0.15) is 6.33 Å². The molecule has 1 aliphatic carbocycles. The maximum absolute atomic E-state index is 12.7. The van der Waals surface area contributed by atoms with Crippen LogP contribution < -0.4 is 5.32 Å². The summed E-state index contributed by atoms with van der Waals surface area (Å²) in [5.74, 6) is 0.174. The smallest absolute Gasteiger partial charge is 0.252 e. The summed E-state index contributed by atoms with van der Waals surface area (Å²) in [5.41, 5.74) is 3.95. The average Bonchev–Trinajstić information content (AvgIpc) is 3.38. The zero-order valence-corrected chi connectivity index (χ0v) is 17.8. The normalized spacial score (nSPS) is 22.6. The highest BCUT2D eigenvalue weighted by molar-refractivity contribution is 5.94. The van der Waals surface area contributed by atoms with Crippen LogP contribution in [0.4, 0.5) is 0 Å². The number of benzene rings is 1. The summed E-state index contributed by atoms with van der Waals surface area (Å²) < 4.78 is 1.74. The van der Waals surface area contributed by atoms with Crippen molar-refractivity contribution in [2.75, 3.05) is 13.1 Å². The van der Waals surface area contributed by atoms with E-state index in [1.54, 1.807) is 29.1 Å². The van der Waals surface area contributed by atoms with Gasteiger partial charge < -0.3 is 10.2 Å². The number of nitrogens with zero attached hydrogens (tertiary/aromatic N) is 4. The van der Waals surface area contributed by atoms with Gasteiger partial charge in [0.05, 0.1) is 5.56 Å². The zero-order chi connectivity index (χ0) is 21.4. The van der Waals surface area contributed by atoms with E-state index < -0.39 is 0 Å². The van der Waals surface area contributed by atoms with Crippen LogP contribution in [0.15, 0.2) is 48.9 Å². The van der Waals surface area contributed by atoms with Crippen LogP contribution in [0.5, 0.6) is 0 Å². The van der Waals surface area contributed by atoms with Crippen LogP contribution in [0.25, 0.3) is 5.65 Å². The minimum absolute atomic E-state index is 0.0699. The predicted molar refractivity (Wildman–Crippen MR) is 117 cm³/mol. The van der Waals surface area contributed by atoms with Crippen LogP contribution in [-0.2, 0) is 11.2 Å². The van der Waals surface area contributed by atoms with Gasteiger partial charge in [-0.3, -0.25) is 14.0 Å². The Bertz CT molecular complexity index is 1130. The zero-order valence-electron chi connectivity index (χ0n) is 17.8. The molecule has 5 rings (SSSR count). The Kier molecular flexibility index (Phi) is 4.96. The van der Waals surface area contributed by atoms with Gasteiger partial charge in [-0.25, -0.2) is 0 Å². The lowest BCUT2D eigenvalue weighted by Crippen LogP contribution is -2.52. The molecule has 0 unspecified atom stereocenters. The number of hydrogen-bond acceptors (Lipinski definition) is 4. The summed E-state index contributed by atoms with van der Waals surface area (Å²) in [5, 5.41) is 10.9. The van der Waals surface area contributed by atoms with E-state index in [0.29, 0.717) is 12.0 Å². The molecule has 160 valence electrons. The van der Waals surface area contributed by atoms with Crippen molar-refractivity contribution < 1.29 is 9.59 Å². The van der Waals surface area contributed by atoms with E-state index in [0.717, 1.165) is 44.4 Å². The molecule has 3 aromatic rings. The van der Waals surface area contributed by atoms with Crippen molar-refractivity contribution in [3.63, 3.8) is 0 Å². The van der Waals surface area contributed by atoms with Crippen LogP contribution in [0.1, 0.15) is 47.2 Å². The highest BCUT2D eigenvalue weighted by Gasteiger charge is 2.49. The van der Waals surface area contributed by atoms with E-state index in [2.05, 4.69) is 40.6 Å². The van der Waals surface area contributed by atoms with Gasteiger partial charge in [-0.1, -0.05) is 29.8 Å². The molecule has 2 aromatic heterocycles. The lowest BCUT2D eigenvalue weighted by Gasteiger charge is -2.45. The largest absolute Gasteiger partial charge is 0.349 e. The highest BCUT2D eigenvalue weighted by atomic mass is 16.2. The minimum Gasteiger partial charge on any atom is -0.349 e. The molecule has 0 atom stereocenters. The number of hydrogen-bond donors (Lipinski definition) is 1. The van der Waals surface area contributed by atoms with Crippen LogP contribution in [0.3, 0.4) is 0 Å². The molecule has 7 heteroatoms. The molecule has 2 fully saturated rings. The van der Waals surface area contributed by atoms with Gasteiger partial charge in [-0.2, -0.15) is 0 Å². The Balaban J connectivity index is 1.11. The topological polar surface area (TPSA) is 79.6 Å². The SMILES string of the molecule is Cc1cccc(CCC(=O)N2CCC3(CC(NC(=O)c4ccc5nncn5c4)C3)C2)c1. The number of rotatable bonds is 5. The fourth-order valence-electron chi connectivity index (χ4n) is 5.08. The van der Waals surface area contributed by atoms with Gasteiger partial charge in [-0.05, 0) is 55.7 Å². The fraction of sp³-hybridized carbons (Fsp3) is 0.417. The average molecular weight is 418 g/mol. The number of nitrogens with one attached hydrogen (secondary N) is 1. The maximum atomic E-state index is 12.7. The van der Waals surface area contributed by atoms with E-state index in [1.807, 2.05) is 11.0 Å². The standard InChI is InChI=1S/C24H27N5O2/c1-17-3-2-4-18(11-17)5-8-22(30)28-10-9-24(15-28)12-20(13-24)26-23(31)19-6-7-21-27-25-16-29(21)14-19/h2-4,6-7,11,14,16,20H,5,8-10,12-13,15H2,1H3,(H,26,31). The molecule has 2 amide bonds. The fourth-order valence-corrected chi connectivity index (χ4v) is 5.08.